The van der Waals surface area contributed by atoms with Gasteiger partial charge < -0.3 is 4.90 Å². The van der Waals surface area contributed by atoms with Gasteiger partial charge in [0.2, 0.25) is 0 Å². The van der Waals surface area contributed by atoms with Crippen LogP contribution in [-0.2, 0) is 0 Å². The molecule has 2 heterocycles. The van der Waals surface area contributed by atoms with E-state index in [4.69, 9.17) is 16.6 Å². The van der Waals surface area contributed by atoms with Crippen molar-refractivity contribution in [2.45, 2.75) is 23.0 Å². The quantitative estimate of drug-likeness (QED) is 0.561. The van der Waals surface area contributed by atoms with Gasteiger partial charge in [0.15, 0.2) is 6.29 Å². The van der Waals surface area contributed by atoms with Gasteiger partial charge in [0.25, 0.3) is 0 Å². The third kappa shape index (κ3) is 3.71. The summed E-state index contributed by atoms with van der Waals surface area (Å²) in [7, 11) is 0. The number of carbonyl (C=O) groups is 1. The SMILES string of the molecule is O=Cc1cccc2ccc(N3CCC(Sc4ccc(Cl)cc4)CC3)nc12. The number of nitrogens with zero attached hydrogens (tertiary/aromatic N) is 2. The number of benzene rings is 2. The number of pyridine rings is 1. The van der Waals surface area contributed by atoms with Crippen molar-refractivity contribution in [2.24, 2.45) is 0 Å². The van der Waals surface area contributed by atoms with E-state index in [1.807, 2.05) is 42.1 Å². The highest BCUT2D eigenvalue weighted by molar-refractivity contribution is 8.00. The van der Waals surface area contributed by atoms with Crippen LogP contribution >= 0.6 is 23.4 Å². The molecule has 1 fully saturated rings. The van der Waals surface area contributed by atoms with Crippen molar-refractivity contribution in [3.63, 3.8) is 0 Å². The number of piperidine rings is 1. The predicted molar refractivity (Wildman–Crippen MR) is 110 cm³/mol. The molecule has 26 heavy (non-hydrogen) atoms. The maximum Gasteiger partial charge on any atom is 0.152 e. The van der Waals surface area contributed by atoms with Crippen LogP contribution in [0, 0.1) is 0 Å². The third-order valence-electron chi connectivity index (χ3n) is 4.75. The number of rotatable bonds is 4. The van der Waals surface area contributed by atoms with E-state index in [0.29, 0.717) is 10.8 Å². The topological polar surface area (TPSA) is 33.2 Å². The van der Waals surface area contributed by atoms with Crippen LogP contribution in [0.5, 0.6) is 0 Å². The zero-order valence-electron chi connectivity index (χ0n) is 14.3. The number of carbonyl (C=O) groups excluding carboxylic acids is 1. The number of anilines is 1. The van der Waals surface area contributed by atoms with Gasteiger partial charge in [-0.15, -0.1) is 11.8 Å². The van der Waals surface area contributed by atoms with E-state index < -0.39 is 0 Å². The van der Waals surface area contributed by atoms with E-state index in [0.717, 1.165) is 54.0 Å². The van der Waals surface area contributed by atoms with Gasteiger partial charge in [-0.05, 0) is 55.3 Å². The lowest BCUT2D eigenvalue weighted by molar-refractivity contribution is 0.112. The van der Waals surface area contributed by atoms with Gasteiger partial charge in [-0.2, -0.15) is 0 Å². The van der Waals surface area contributed by atoms with Gasteiger partial charge >= 0.3 is 0 Å². The summed E-state index contributed by atoms with van der Waals surface area (Å²) in [5, 5.41) is 2.39. The molecule has 0 amide bonds. The number of halogens is 1. The van der Waals surface area contributed by atoms with Crippen LogP contribution in [0.4, 0.5) is 5.82 Å². The Labute approximate surface area is 162 Å². The Morgan fingerprint density at radius 2 is 1.81 bits per heavy atom. The maximum atomic E-state index is 11.3. The first-order chi connectivity index (χ1) is 12.7. The lowest BCUT2D eigenvalue weighted by Crippen LogP contribution is -2.35. The van der Waals surface area contributed by atoms with Gasteiger partial charge in [0, 0.05) is 39.2 Å². The minimum atomic E-state index is 0.610. The molecule has 1 saturated heterocycles. The number of hydrogen-bond acceptors (Lipinski definition) is 4. The number of fused-ring (bicyclic) bond motifs is 1. The molecule has 0 N–H and O–H groups in total. The summed E-state index contributed by atoms with van der Waals surface area (Å²) in [5.41, 5.74) is 1.44. The van der Waals surface area contributed by atoms with E-state index in [-0.39, 0.29) is 0 Å². The Bertz CT molecular complexity index is 921. The van der Waals surface area contributed by atoms with Crippen LogP contribution < -0.4 is 4.90 Å². The Morgan fingerprint density at radius 1 is 1.04 bits per heavy atom. The molecule has 3 aromatic rings. The number of aldehydes is 1. The first-order valence-corrected chi connectivity index (χ1v) is 10.0. The predicted octanol–water partition coefficient (Wildman–Crippen LogP) is 5.46. The summed E-state index contributed by atoms with van der Waals surface area (Å²) < 4.78 is 0. The lowest BCUT2D eigenvalue weighted by atomic mass is 10.1. The molecule has 0 aliphatic carbocycles. The first-order valence-electron chi connectivity index (χ1n) is 8.75. The Hall–Kier alpha value is -2.04. The van der Waals surface area contributed by atoms with Crippen molar-refractivity contribution < 1.29 is 4.79 Å². The molecule has 5 heteroatoms. The van der Waals surface area contributed by atoms with E-state index in [1.165, 1.54) is 4.90 Å². The highest BCUT2D eigenvalue weighted by Crippen LogP contribution is 2.32. The summed E-state index contributed by atoms with van der Waals surface area (Å²) in [5.74, 6) is 0.960. The molecule has 2 aromatic carbocycles. The minimum Gasteiger partial charge on any atom is -0.357 e. The van der Waals surface area contributed by atoms with E-state index in [2.05, 4.69) is 29.2 Å². The summed E-state index contributed by atoms with van der Waals surface area (Å²) in [6.45, 7) is 1.96. The normalized spacial score (nSPS) is 15.3. The zero-order chi connectivity index (χ0) is 17.9. The molecule has 0 saturated carbocycles. The van der Waals surface area contributed by atoms with Crippen LogP contribution in [-0.4, -0.2) is 29.6 Å². The van der Waals surface area contributed by atoms with Crippen molar-refractivity contribution in [3.05, 3.63) is 65.2 Å². The van der Waals surface area contributed by atoms with Gasteiger partial charge in [-0.25, -0.2) is 4.98 Å². The Balaban J connectivity index is 1.45. The largest absolute Gasteiger partial charge is 0.357 e. The molecular formula is C21H19ClN2OS. The Morgan fingerprint density at radius 3 is 2.54 bits per heavy atom. The van der Waals surface area contributed by atoms with Crippen LogP contribution in [0.2, 0.25) is 5.02 Å². The molecule has 0 bridgehead atoms. The van der Waals surface area contributed by atoms with Crippen LogP contribution in [0.25, 0.3) is 10.9 Å². The van der Waals surface area contributed by atoms with Gasteiger partial charge in [-0.1, -0.05) is 23.7 Å². The number of aromatic nitrogens is 1. The molecule has 0 unspecified atom stereocenters. The molecule has 1 aliphatic heterocycles. The van der Waals surface area contributed by atoms with Gasteiger partial charge in [-0.3, -0.25) is 4.79 Å². The minimum absolute atomic E-state index is 0.610. The molecular weight excluding hydrogens is 364 g/mol. The van der Waals surface area contributed by atoms with E-state index >= 15 is 0 Å². The average Bonchev–Trinajstić information content (AvgIpc) is 2.69. The number of para-hydroxylation sites is 1. The first kappa shape index (κ1) is 17.4. The highest BCUT2D eigenvalue weighted by Gasteiger charge is 2.21. The van der Waals surface area contributed by atoms with E-state index in [1.54, 1.807) is 0 Å². The highest BCUT2D eigenvalue weighted by atomic mass is 35.5. The monoisotopic (exact) mass is 382 g/mol. The molecule has 0 spiro atoms. The summed E-state index contributed by atoms with van der Waals surface area (Å²) >= 11 is 7.89. The maximum absolute atomic E-state index is 11.3. The lowest BCUT2D eigenvalue weighted by Gasteiger charge is -2.32. The molecule has 4 rings (SSSR count). The average molecular weight is 383 g/mol. The molecule has 0 radical (unpaired) electrons. The van der Waals surface area contributed by atoms with Crippen molar-refractivity contribution in [1.82, 2.24) is 4.98 Å². The van der Waals surface area contributed by atoms with Crippen LogP contribution in [0.15, 0.2) is 59.5 Å². The molecule has 132 valence electrons. The molecule has 1 aromatic heterocycles. The van der Waals surface area contributed by atoms with Gasteiger partial charge in [0.05, 0.1) is 5.52 Å². The Kier molecular flexibility index (Phi) is 5.14. The van der Waals surface area contributed by atoms with Crippen LogP contribution in [0.1, 0.15) is 23.2 Å². The van der Waals surface area contributed by atoms with Crippen molar-refractivity contribution in [2.75, 3.05) is 18.0 Å². The number of hydrogen-bond donors (Lipinski definition) is 0. The second-order valence-corrected chi connectivity index (χ2v) is 8.27. The second-order valence-electron chi connectivity index (χ2n) is 6.46. The van der Waals surface area contributed by atoms with Crippen LogP contribution in [0.3, 0.4) is 0 Å². The number of thioether (sulfide) groups is 1. The summed E-state index contributed by atoms with van der Waals surface area (Å²) in [6, 6.07) is 17.9. The third-order valence-corrected chi connectivity index (χ3v) is 6.35. The zero-order valence-corrected chi connectivity index (χ0v) is 15.8. The van der Waals surface area contributed by atoms with Gasteiger partial charge in [0.1, 0.15) is 5.82 Å². The van der Waals surface area contributed by atoms with Crippen molar-refractivity contribution >= 4 is 46.4 Å². The standard InChI is InChI=1S/C21H19ClN2OS/c22-17-5-7-18(8-6-17)26-19-10-12-24(13-11-19)20-9-4-15-2-1-3-16(14-25)21(15)23-20/h1-9,14,19H,10-13H2. The summed E-state index contributed by atoms with van der Waals surface area (Å²) in [4.78, 5) is 19.6. The second kappa shape index (κ2) is 7.68. The smallest absolute Gasteiger partial charge is 0.152 e. The summed E-state index contributed by atoms with van der Waals surface area (Å²) in [6.07, 6.45) is 3.11. The van der Waals surface area contributed by atoms with Crippen molar-refractivity contribution in [3.8, 4) is 0 Å². The van der Waals surface area contributed by atoms with Crippen molar-refractivity contribution in [1.29, 1.82) is 0 Å². The molecule has 3 nitrogen and oxygen atoms in total. The molecule has 0 atom stereocenters. The molecule has 1 aliphatic rings. The fourth-order valence-corrected chi connectivity index (χ4v) is 4.59. The fraction of sp³-hybridized carbons (Fsp3) is 0.238. The fourth-order valence-electron chi connectivity index (χ4n) is 3.34. The van der Waals surface area contributed by atoms with E-state index in [9.17, 15) is 4.79 Å².